The molecular formula is C20H23ClFN3O2S. The minimum atomic E-state index is -0.431. The van der Waals surface area contributed by atoms with E-state index in [0.29, 0.717) is 30.4 Å². The molecular weight excluding hydrogens is 401 g/mol. The first-order chi connectivity index (χ1) is 13.0. The number of carbonyl (C=O) groups excluding carboxylic acids is 1. The molecule has 2 aromatic carbocycles. The summed E-state index contributed by atoms with van der Waals surface area (Å²) in [6.45, 7) is 3.65. The number of benzene rings is 2. The van der Waals surface area contributed by atoms with Gasteiger partial charge in [0.25, 0.3) is 5.91 Å². The lowest BCUT2D eigenvalue weighted by atomic mass is 10.2. The van der Waals surface area contributed by atoms with Crippen molar-refractivity contribution in [1.82, 2.24) is 9.88 Å². The maximum Gasteiger partial charge on any atom is 0.260 e. The number of aromatic nitrogens is 1. The van der Waals surface area contributed by atoms with E-state index in [2.05, 4.69) is 4.98 Å². The van der Waals surface area contributed by atoms with Crippen molar-refractivity contribution < 1.29 is 13.9 Å². The molecule has 0 aliphatic rings. The minimum Gasteiger partial charge on any atom is -0.494 e. The lowest BCUT2D eigenvalue weighted by molar-refractivity contribution is 0.0984. The summed E-state index contributed by atoms with van der Waals surface area (Å²) in [7, 11) is 3.88. The quantitative estimate of drug-likeness (QED) is 0.562. The molecule has 0 atom stereocenters. The van der Waals surface area contributed by atoms with Crippen LogP contribution >= 0.6 is 23.7 Å². The van der Waals surface area contributed by atoms with Gasteiger partial charge in [-0.2, -0.15) is 0 Å². The van der Waals surface area contributed by atoms with E-state index >= 15 is 0 Å². The molecule has 28 heavy (non-hydrogen) atoms. The van der Waals surface area contributed by atoms with Crippen molar-refractivity contribution in [2.24, 2.45) is 0 Å². The highest BCUT2D eigenvalue weighted by Gasteiger charge is 2.22. The first-order valence-corrected chi connectivity index (χ1v) is 9.55. The van der Waals surface area contributed by atoms with Crippen molar-refractivity contribution in [2.75, 3.05) is 38.7 Å². The molecule has 0 bridgehead atoms. The fraction of sp³-hybridized carbons (Fsp3) is 0.300. The molecule has 0 aliphatic carbocycles. The van der Waals surface area contributed by atoms with E-state index in [-0.39, 0.29) is 18.3 Å². The smallest absolute Gasteiger partial charge is 0.260 e. The molecule has 0 spiro atoms. The minimum absolute atomic E-state index is 0. The number of likely N-dealkylation sites (N-methyl/N-ethyl adjacent to an activating group) is 1. The molecule has 0 saturated carbocycles. The first-order valence-electron chi connectivity index (χ1n) is 8.73. The number of halogens is 2. The molecule has 3 aromatic rings. The van der Waals surface area contributed by atoms with Gasteiger partial charge in [0.1, 0.15) is 11.6 Å². The predicted molar refractivity (Wildman–Crippen MR) is 115 cm³/mol. The molecule has 0 saturated heterocycles. The van der Waals surface area contributed by atoms with Crippen molar-refractivity contribution >= 4 is 45.0 Å². The summed E-state index contributed by atoms with van der Waals surface area (Å²) in [4.78, 5) is 21.3. The fourth-order valence-electron chi connectivity index (χ4n) is 2.63. The highest BCUT2D eigenvalue weighted by atomic mass is 35.5. The van der Waals surface area contributed by atoms with E-state index in [9.17, 15) is 9.18 Å². The maximum atomic E-state index is 13.6. The average Bonchev–Trinajstić information content (AvgIpc) is 3.04. The van der Waals surface area contributed by atoms with Crippen molar-refractivity contribution in [3.8, 4) is 5.75 Å². The second kappa shape index (κ2) is 9.82. The lowest BCUT2D eigenvalue weighted by Crippen LogP contribution is -2.36. The number of ether oxygens (including phenoxy) is 1. The number of hydrogen-bond acceptors (Lipinski definition) is 5. The number of carbonyl (C=O) groups is 1. The molecule has 0 aliphatic heterocycles. The number of thiazole rings is 1. The third-order valence-corrected chi connectivity index (χ3v) is 5.02. The fourth-order valence-corrected chi connectivity index (χ4v) is 3.64. The van der Waals surface area contributed by atoms with Crippen LogP contribution in [0.1, 0.15) is 17.3 Å². The van der Waals surface area contributed by atoms with Gasteiger partial charge in [0.2, 0.25) is 0 Å². The second-order valence-electron chi connectivity index (χ2n) is 6.33. The van der Waals surface area contributed by atoms with Crippen molar-refractivity contribution in [3.63, 3.8) is 0 Å². The Labute approximate surface area is 174 Å². The largest absolute Gasteiger partial charge is 0.494 e. The van der Waals surface area contributed by atoms with Gasteiger partial charge in [-0.15, -0.1) is 12.4 Å². The number of fused-ring (bicyclic) bond motifs is 1. The predicted octanol–water partition coefficient (Wildman–Crippen LogP) is 4.46. The van der Waals surface area contributed by atoms with Crippen LogP contribution < -0.4 is 9.64 Å². The number of amides is 1. The van der Waals surface area contributed by atoms with E-state index in [1.165, 1.54) is 23.5 Å². The van der Waals surface area contributed by atoms with Crippen LogP contribution in [-0.2, 0) is 0 Å². The zero-order valence-electron chi connectivity index (χ0n) is 16.0. The Bertz CT molecular complexity index is 948. The van der Waals surface area contributed by atoms with Crippen LogP contribution in [0.25, 0.3) is 10.2 Å². The zero-order valence-corrected chi connectivity index (χ0v) is 17.6. The van der Waals surface area contributed by atoms with Gasteiger partial charge < -0.3 is 9.64 Å². The van der Waals surface area contributed by atoms with Gasteiger partial charge in [-0.05, 0) is 57.4 Å². The van der Waals surface area contributed by atoms with E-state index in [1.54, 1.807) is 17.0 Å². The van der Waals surface area contributed by atoms with Crippen molar-refractivity contribution in [3.05, 3.63) is 53.8 Å². The summed E-state index contributed by atoms with van der Waals surface area (Å²) in [6, 6.07) is 11.4. The Morgan fingerprint density at radius 2 is 1.96 bits per heavy atom. The normalized spacial score (nSPS) is 10.8. The molecule has 8 heteroatoms. The van der Waals surface area contributed by atoms with E-state index in [4.69, 9.17) is 4.74 Å². The van der Waals surface area contributed by atoms with Crippen LogP contribution in [0, 0.1) is 5.82 Å². The molecule has 0 radical (unpaired) electrons. The highest BCUT2D eigenvalue weighted by molar-refractivity contribution is 7.22. The Balaban J connectivity index is 0.00000280. The van der Waals surface area contributed by atoms with Crippen molar-refractivity contribution in [1.29, 1.82) is 0 Å². The van der Waals surface area contributed by atoms with E-state index in [0.717, 1.165) is 16.0 Å². The lowest BCUT2D eigenvalue weighted by Gasteiger charge is -2.22. The topological polar surface area (TPSA) is 45.7 Å². The molecule has 150 valence electrons. The molecule has 5 nitrogen and oxygen atoms in total. The number of hydrogen-bond donors (Lipinski definition) is 0. The summed E-state index contributed by atoms with van der Waals surface area (Å²) in [5.41, 5.74) is 1.11. The Morgan fingerprint density at radius 3 is 2.64 bits per heavy atom. The Morgan fingerprint density at radius 1 is 1.18 bits per heavy atom. The maximum absolute atomic E-state index is 13.6. The third kappa shape index (κ3) is 5.19. The monoisotopic (exact) mass is 423 g/mol. The van der Waals surface area contributed by atoms with Gasteiger partial charge in [-0.1, -0.05) is 17.4 Å². The van der Waals surface area contributed by atoms with Crippen LogP contribution in [-0.4, -0.2) is 49.6 Å². The molecule has 0 N–H and O–H groups in total. The van der Waals surface area contributed by atoms with Crippen LogP contribution in [0.4, 0.5) is 9.52 Å². The van der Waals surface area contributed by atoms with E-state index < -0.39 is 5.82 Å². The Kier molecular flexibility index (Phi) is 7.74. The summed E-state index contributed by atoms with van der Waals surface area (Å²) >= 11 is 1.43. The van der Waals surface area contributed by atoms with Gasteiger partial charge in [-0.25, -0.2) is 9.37 Å². The summed E-state index contributed by atoms with van der Waals surface area (Å²) in [5, 5.41) is 0.592. The standard InChI is InChI=1S/C20H22FN3O2S.ClH/c1-4-26-16-8-9-17-18(13-16)27-20(22-17)24(11-10-23(2)3)19(25)14-6-5-7-15(21)12-14;/h5-9,12-13H,4,10-11H2,1-3H3;1H. The van der Waals surface area contributed by atoms with E-state index in [1.807, 2.05) is 44.1 Å². The first kappa shape index (κ1) is 22.1. The van der Waals surface area contributed by atoms with Crippen LogP contribution in [0.2, 0.25) is 0 Å². The number of anilines is 1. The summed E-state index contributed by atoms with van der Waals surface area (Å²) in [5.74, 6) is 0.0796. The van der Waals surface area contributed by atoms with Gasteiger partial charge in [0, 0.05) is 18.7 Å². The number of nitrogens with zero attached hydrogens (tertiary/aromatic N) is 3. The molecule has 1 heterocycles. The van der Waals surface area contributed by atoms with Gasteiger partial charge in [0.15, 0.2) is 5.13 Å². The third-order valence-electron chi connectivity index (χ3n) is 3.98. The van der Waals surface area contributed by atoms with Crippen LogP contribution in [0.5, 0.6) is 5.75 Å². The highest BCUT2D eigenvalue weighted by Crippen LogP contribution is 2.32. The van der Waals surface area contributed by atoms with Crippen molar-refractivity contribution in [2.45, 2.75) is 6.92 Å². The second-order valence-corrected chi connectivity index (χ2v) is 7.34. The zero-order chi connectivity index (χ0) is 19.4. The molecule has 1 aromatic heterocycles. The van der Waals surface area contributed by atoms with Gasteiger partial charge in [-0.3, -0.25) is 9.69 Å². The van der Waals surface area contributed by atoms with Crippen LogP contribution in [0.3, 0.4) is 0 Å². The summed E-state index contributed by atoms with van der Waals surface area (Å²) in [6.07, 6.45) is 0. The SMILES string of the molecule is CCOc1ccc2nc(N(CCN(C)C)C(=O)c3cccc(F)c3)sc2c1.Cl. The molecule has 1 amide bonds. The molecule has 0 fully saturated rings. The number of rotatable bonds is 7. The average molecular weight is 424 g/mol. The Hall–Kier alpha value is -2.22. The van der Waals surface area contributed by atoms with Crippen LogP contribution in [0.15, 0.2) is 42.5 Å². The molecule has 0 unspecified atom stereocenters. The summed E-state index contributed by atoms with van der Waals surface area (Å²) < 4.78 is 20.1. The van der Waals surface area contributed by atoms with Gasteiger partial charge in [0.05, 0.1) is 16.8 Å². The van der Waals surface area contributed by atoms with Gasteiger partial charge >= 0.3 is 0 Å². The molecule has 3 rings (SSSR count).